The van der Waals surface area contributed by atoms with Gasteiger partial charge in [-0.3, -0.25) is 4.98 Å². The maximum atomic E-state index is 5.84. The molecule has 0 saturated heterocycles. The average Bonchev–Trinajstić information content (AvgIpc) is 2.37. The Balaban J connectivity index is 2.40. The van der Waals surface area contributed by atoms with E-state index in [1.54, 1.807) is 6.20 Å². The first kappa shape index (κ1) is 12.3. The Bertz CT molecular complexity index is 569. The minimum absolute atomic E-state index is 0.457. The molecule has 0 bridgehead atoms. The lowest BCUT2D eigenvalue weighted by Gasteiger charge is -2.11. The molecule has 2 heterocycles. The van der Waals surface area contributed by atoms with Crippen molar-refractivity contribution in [1.29, 1.82) is 0 Å². The lowest BCUT2D eigenvalue weighted by Crippen LogP contribution is -2.04. The molecule has 0 spiro atoms. The summed E-state index contributed by atoms with van der Waals surface area (Å²) in [5.74, 6) is 2.31. The quantitative estimate of drug-likeness (QED) is 0.897. The third-order valence-corrected chi connectivity index (χ3v) is 2.67. The van der Waals surface area contributed by atoms with Crippen molar-refractivity contribution < 1.29 is 4.74 Å². The van der Waals surface area contributed by atoms with Crippen LogP contribution in [0.5, 0.6) is 11.6 Å². The minimum atomic E-state index is 0.457. The predicted molar refractivity (Wildman–Crippen MR) is 69.6 cm³/mol. The minimum Gasteiger partial charge on any atom is -0.437 e. The summed E-state index contributed by atoms with van der Waals surface area (Å²) < 4.78 is 5.77. The molecule has 0 atom stereocenters. The normalized spacial score (nSPS) is 10.4. The number of nitrogens with two attached hydrogens (primary N) is 1. The van der Waals surface area contributed by atoms with E-state index in [1.165, 1.54) is 0 Å². The van der Waals surface area contributed by atoms with Gasteiger partial charge in [-0.25, -0.2) is 4.98 Å². The topological polar surface area (TPSA) is 73.9 Å². The summed E-state index contributed by atoms with van der Waals surface area (Å²) in [6.45, 7) is 5.70. The molecule has 18 heavy (non-hydrogen) atoms. The smallest absolute Gasteiger partial charge is 0.227 e. The molecular weight excluding hydrogens is 228 g/mol. The molecule has 0 amide bonds. The van der Waals surface area contributed by atoms with Gasteiger partial charge in [0.05, 0.1) is 11.3 Å². The van der Waals surface area contributed by atoms with Gasteiger partial charge in [0.25, 0.3) is 0 Å². The van der Waals surface area contributed by atoms with Crippen LogP contribution in [0.2, 0.25) is 0 Å². The molecule has 5 heteroatoms. The zero-order valence-corrected chi connectivity index (χ0v) is 10.8. The second-order valence-corrected chi connectivity index (χ2v) is 4.00. The second-order valence-electron chi connectivity index (χ2n) is 4.00. The summed E-state index contributed by atoms with van der Waals surface area (Å²) in [6.07, 6.45) is 2.44. The molecule has 2 rings (SSSR count). The van der Waals surface area contributed by atoms with E-state index in [1.807, 2.05) is 32.9 Å². The molecule has 0 fully saturated rings. The highest BCUT2D eigenvalue weighted by Gasteiger charge is 2.11. The van der Waals surface area contributed by atoms with Gasteiger partial charge < -0.3 is 10.5 Å². The van der Waals surface area contributed by atoms with E-state index in [-0.39, 0.29) is 0 Å². The largest absolute Gasteiger partial charge is 0.437 e. The monoisotopic (exact) mass is 244 g/mol. The van der Waals surface area contributed by atoms with Crippen LogP contribution in [-0.2, 0) is 6.42 Å². The van der Waals surface area contributed by atoms with E-state index in [0.29, 0.717) is 29.7 Å². The van der Waals surface area contributed by atoms with Crippen LogP contribution in [0.25, 0.3) is 0 Å². The van der Waals surface area contributed by atoms with Crippen molar-refractivity contribution in [2.45, 2.75) is 27.2 Å². The number of pyridine rings is 1. The van der Waals surface area contributed by atoms with Crippen LogP contribution in [0.15, 0.2) is 18.3 Å². The lowest BCUT2D eigenvalue weighted by atomic mass is 10.3. The Labute approximate surface area is 106 Å². The molecule has 0 unspecified atom stereocenters. The molecule has 0 aliphatic heterocycles. The molecule has 2 aromatic heterocycles. The van der Waals surface area contributed by atoms with E-state index in [2.05, 4.69) is 15.0 Å². The Morgan fingerprint density at radius 1 is 1.28 bits per heavy atom. The van der Waals surface area contributed by atoms with Crippen LogP contribution < -0.4 is 10.5 Å². The number of rotatable bonds is 3. The van der Waals surface area contributed by atoms with Crippen molar-refractivity contribution in [2.75, 3.05) is 5.73 Å². The summed E-state index contributed by atoms with van der Waals surface area (Å²) >= 11 is 0. The zero-order valence-electron chi connectivity index (χ0n) is 10.8. The summed E-state index contributed by atoms with van der Waals surface area (Å²) in [5.41, 5.74) is 7.40. The van der Waals surface area contributed by atoms with E-state index in [0.717, 1.165) is 11.3 Å². The van der Waals surface area contributed by atoms with Gasteiger partial charge in [0.15, 0.2) is 5.75 Å². The standard InChI is InChI=1S/C13H16N4O/c1-4-11-16-12(14)8(2)13(17-11)18-10-6-5-7-15-9(10)3/h5-7H,4H2,1-3H3,(H2,14,16,17). The summed E-state index contributed by atoms with van der Waals surface area (Å²) in [4.78, 5) is 12.7. The van der Waals surface area contributed by atoms with Gasteiger partial charge in [-0.15, -0.1) is 0 Å². The molecule has 0 saturated carbocycles. The fourth-order valence-corrected chi connectivity index (χ4v) is 1.50. The van der Waals surface area contributed by atoms with Crippen molar-refractivity contribution in [3.05, 3.63) is 35.4 Å². The number of ether oxygens (including phenoxy) is 1. The Hall–Kier alpha value is -2.17. The van der Waals surface area contributed by atoms with Gasteiger partial charge in [0.2, 0.25) is 5.88 Å². The van der Waals surface area contributed by atoms with E-state index >= 15 is 0 Å². The molecule has 2 aromatic rings. The molecule has 0 aliphatic rings. The van der Waals surface area contributed by atoms with Crippen LogP contribution in [-0.4, -0.2) is 15.0 Å². The first-order valence-electron chi connectivity index (χ1n) is 5.84. The number of hydrogen-bond donors (Lipinski definition) is 1. The highest BCUT2D eigenvalue weighted by atomic mass is 16.5. The molecule has 94 valence electrons. The van der Waals surface area contributed by atoms with Crippen molar-refractivity contribution in [1.82, 2.24) is 15.0 Å². The number of nitrogen functional groups attached to an aromatic ring is 1. The Morgan fingerprint density at radius 2 is 2.06 bits per heavy atom. The Kier molecular flexibility index (Phi) is 3.41. The number of hydrogen-bond acceptors (Lipinski definition) is 5. The van der Waals surface area contributed by atoms with Gasteiger partial charge >= 0.3 is 0 Å². The molecule has 0 aromatic carbocycles. The fraction of sp³-hybridized carbons (Fsp3) is 0.308. The van der Waals surface area contributed by atoms with Crippen LogP contribution in [0, 0.1) is 13.8 Å². The second kappa shape index (κ2) is 5.00. The Morgan fingerprint density at radius 3 is 2.72 bits per heavy atom. The molecule has 5 nitrogen and oxygen atoms in total. The number of aromatic nitrogens is 3. The summed E-state index contributed by atoms with van der Waals surface area (Å²) in [5, 5.41) is 0. The molecule has 0 radical (unpaired) electrons. The molecular formula is C13H16N4O. The maximum Gasteiger partial charge on any atom is 0.227 e. The lowest BCUT2D eigenvalue weighted by molar-refractivity contribution is 0.449. The predicted octanol–water partition coefficient (Wildman–Crippen LogP) is 2.43. The fourth-order valence-electron chi connectivity index (χ4n) is 1.50. The maximum absolute atomic E-state index is 5.84. The molecule has 2 N–H and O–H groups in total. The third kappa shape index (κ3) is 2.40. The van der Waals surface area contributed by atoms with Crippen molar-refractivity contribution in [3.63, 3.8) is 0 Å². The van der Waals surface area contributed by atoms with Crippen molar-refractivity contribution in [2.24, 2.45) is 0 Å². The summed E-state index contributed by atoms with van der Waals surface area (Å²) in [7, 11) is 0. The number of anilines is 1. The van der Waals surface area contributed by atoms with Gasteiger partial charge in [0, 0.05) is 12.6 Å². The zero-order chi connectivity index (χ0) is 13.1. The van der Waals surface area contributed by atoms with Gasteiger partial charge in [-0.2, -0.15) is 4.98 Å². The van der Waals surface area contributed by atoms with Gasteiger partial charge in [-0.1, -0.05) is 6.92 Å². The summed E-state index contributed by atoms with van der Waals surface area (Å²) in [6, 6.07) is 3.68. The number of nitrogens with zero attached hydrogens (tertiary/aromatic N) is 3. The number of aryl methyl sites for hydroxylation is 2. The van der Waals surface area contributed by atoms with Gasteiger partial charge in [-0.05, 0) is 26.0 Å². The van der Waals surface area contributed by atoms with E-state index in [4.69, 9.17) is 10.5 Å². The highest BCUT2D eigenvalue weighted by molar-refractivity contribution is 5.46. The SMILES string of the molecule is CCc1nc(N)c(C)c(Oc2cccnc2C)n1. The first-order chi connectivity index (χ1) is 8.61. The van der Waals surface area contributed by atoms with Crippen LogP contribution >= 0.6 is 0 Å². The first-order valence-corrected chi connectivity index (χ1v) is 5.84. The van der Waals surface area contributed by atoms with E-state index < -0.39 is 0 Å². The van der Waals surface area contributed by atoms with E-state index in [9.17, 15) is 0 Å². The van der Waals surface area contributed by atoms with Crippen molar-refractivity contribution >= 4 is 5.82 Å². The third-order valence-electron chi connectivity index (χ3n) is 2.67. The highest BCUT2D eigenvalue weighted by Crippen LogP contribution is 2.26. The molecule has 0 aliphatic carbocycles. The van der Waals surface area contributed by atoms with Crippen LogP contribution in [0.3, 0.4) is 0 Å². The van der Waals surface area contributed by atoms with Crippen LogP contribution in [0.1, 0.15) is 24.0 Å². The average molecular weight is 244 g/mol. The van der Waals surface area contributed by atoms with Gasteiger partial charge in [0.1, 0.15) is 11.6 Å². The van der Waals surface area contributed by atoms with Crippen LogP contribution in [0.4, 0.5) is 5.82 Å². The van der Waals surface area contributed by atoms with Crippen molar-refractivity contribution in [3.8, 4) is 11.6 Å².